The first-order valence-corrected chi connectivity index (χ1v) is 7.55. The average molecular weight is 305 g/mol. The maximum Gasteiger partial charge on any atom is 0.123 e. The Morgan fingerprint density at radius 3 is 2.59 bits per heavy atom. The van der Waals surface area contributed by atoms with Crippen LogP contribution in [0.15, 0.2) is 24.3 Å². The molecular weight excluding hydrogens is 281 g/mol. The smallest absolute Gasteiger partial charge is 0.123 e. The first-order valence-electron chi connectivity index (χ1n) is 7.55. The summed E-state index contributed by atoms with van der Waals surface area (Å²) in [6.45, 7) is 9.05. The van der Waals surface area contributed by atoms with Crippen molar-refractivity contribution in [1.29, 1.82) is 0 Å². The third kappa shape index (κ3) is 3.47. The fourth-order valence-corrected chi connectivity index (χ4v) is 2.40. The Balaban J connectivity index is 2.44. The summed E-state index contributed by atoms with van der Waals surface area (Å²) in [5.41, 5.74) is 8.46. The van der Waals surface area contributed by atoms with Crippen molar-refractivity contribution in [3.8, 4) is 5.75 Å². The van der Waals surface area contributed by atoms with E-state index < -0.39 is 0 Å². The van der Waals surface area contributed by atoms with Crippen LogP contribution in [0.5, 0.6) is 5.75 Å². The van der Waals surface area contributed by atoms with Crippen LogP contribution in [0.1, 0.15) is 50.6 Å². The third-order valence-corrected chi connectivity index (χ3v) is 3.62. The van der Waals surface area contributed by atoms with Gasteiger partial charge in [-0.1, -0.05) is 20.8 Å². The van der Waals surface area contributed by atoms with Gasteiger partial charge in [0.15, 0.2) is 0 Å². The molecule has 4 nitrogen and oxygen atoms in total. The Morgan fingerprint density at radius 1 is 1.32 bits per heavy atom. The number of nitrogens with zero attached hydrogens (tertiary/aromatic N) is 1. The van der Waals surface area contributed by atoms with Gasteiger partial charge in [-0.05, 0) is 31.2 Å². The average Bonchev–Trinajstić information content (AvgIpc) is 2.92. The largest absolute Gasteiger partial charge is 0.494 e. The number of aromatic amines is 1. The number of H-pyrrole nitrogens is 1. The fraction of sp³-hybridized carbons (Fsp3) is 0.471. The molecule has 0 aliphatic rings. The van der Waals surface area contributed by atoms with Crippen LogP contribution in [0, 0.1) is 5.82 Å². The number of hydrogen-bond acceptors (Lipinski definition) is 3. The summed E-state index contributed by atoms with van der Waals surface area (Å²) >= 11 is 0. The van der Waals surface area contributed by atoms with Gasteiger partial charge in [-0.15, -0.1) is 0 Å². The first kappa shape index (κ1) is 16.5. The molecule has 0 bridgehead atoms. The Labute approximate surface area is 130 Å². The molecule has 1 atom stereocenters. The summed E-state index contributed by atoms with van der Waals surface area (Å²) in [5, 5.41) is 7.41. The molecule has 0 radical (unpaired) electrons. The normalized spacial score (nSPS) is 13.2. The maximum atomic E-state index is 13.7. The molecule has 0 aliphatic carbocycles. The molecule has 3 N–H and O–H groups in total. The highest BCUT2D eigenvalue weighted by atomic mass is 19.1. The van der Waals surface area contributed by atoms with Crippen LogP contribution in [0.4, 0.5) is 4.39 Å². The quantitative estimate of drug-likeness (QED) is 0.890. The standard InChI is InChI=1S/C17H24FN3O/c1-5-22-15-7-6-11(18)8-12(15)13(10-19)14-9-16(21-20-14)17(2,3)4/h6-9,13H,5,10,19H2,1-4H3,(H,20,21). The number of aromatic nitrogens is 2. The van der Waals surface area contributed by atoms with Crippen molar-refractivity contribution in [3.05, 3.63) is 47.0 Å². The number of hydrogen-bond donors (Lipinski definition) is 2. The van der Waals surface area contributed by atoms with Gasteiger partial charge in [-0.2, -0.15) is 5.10 Å². The molecule has 2 aromatic rings. The van der Waals surface area contributed by atoms with Crippen LogP contribution in [-0.4, -0.2) is 23.3 Å². The molecule has 0 fully saturated rings. The lowest BCUT2D eigenvalue weighted by Crippen LogP contribution is -2.16. The van der Waals surface area contributed by atoms with Crippen LogP contribution in [-0.2, 0) is 5.41 Å². The summed E-state index contributed by atoms with van der Waals surface area (Å²) in [5.74, 6) is 0.180. The second kappa shape index (κ2) is 6.48. The zero-order valence-corrected chi connectivity index (χ0v) is 13.6. The van der Waals surface area contributed by atoms with Crippen molar-refractivity contribution in [2.24, 2.45) is 5.73 Å². The van der Waals surface area contributed by atoms with Crippen LogP contribution in [0.2, 0.25) is 0 Å². The molecule has 1 aromatic heterocycles. The van der Waals surface area contributed by atoms with Crippen LogP contribution >= 0.6 is 0 Å². The second-order valence-corrected chi connectivity index (χ2v) is 6.36. The number of halogens is 1. The van der Waals surface area contributed by atoms with Gasteiger partial charge in [0, 0.05) is 29.1 Å². The fourth-order valence-electron chi connectivity index (χ4n) is 2.40. The molecule has 1 heterocycles. The molecule has 1 unspecified atom stereocenters. The van der Waals surface area contributed by atoms with E-state index in [9.17, 15) is 4.39 Å². The zero-order chi connectivity index (χ0) is 16.3. The molecular formula is C17H24FN3O. The van der Waals surface area contributed by atoms with E-state index in [-0.39, 0.29) is 17.2 Å². The highest BCUT2D eigenvalue weighted by molar-refractivity contribution is 5.41. The Hall–Kier alpha value is -1.88. The lowest BCUT2D eigenvalue weighted by atomic mass is 9.89. The number of rotatable bonds is 5. The van der Waals surface area contributed by atoms with Gasteiger partial charge in [0.05, 0.1) is 12.3 Å². The van der Waals surface area contributed by atoms with E-state index in [1.54, 1.807) is 6.07 Å². The van der Waals surface area contributed by atoms with Gasteiger partial charge in [0.2, 0.25) is 0 Å². The summed E-state index contributed by atoms with van der Waals surface area (Å²) in [4.78, 5) is 0. The lowest BCUT2D eigenvalue weighted by Gasteiger charge is -2.18. The summed E-state index contributed by atoms with van der Waals surface area (Å²) < 4.78 is 19.3. The molecule has 0 saturated carbocycles. The van der Waals surface area contributed by atoms with E-state index in [1.807, 2.05) is 13.0 Å². The third-order valence-electron chi connectivity index (χ3n) is 3.62. The van der Waals surface area contributed by atoms with E-state index in [0.29, 0.717) is 18.9 Å². The lowest BCUT2D eigenvalue weighted by molar-refractivity contribution is 0.334. The minimum Gasteiger partial charge on any atom is -0.494 e. The van der Waals surface area contributed by atoms with Gasteiger partial charge < -0.3 is 10.5 Å². The topological polar surface area (TPSA) is 63.9 Å². The van der Waals surface area contributed by atoms with Crippen molar-refractivity contribution < 1.29 is 9.13 Å². The minimum atomic E-state index is -0.299. The Morgan fingerprint density at radius 2 is 2.05 bits per heavy atom. The van der Waals surface area contributed by atoms with Crippen LogP contribution in [0.25, 0.3) is 0 Å². The predicted molar refractivity (Wildman–Crippen MR) is 85.8 cm³/mol. The highest BCUT2D eigenvalue weighted by Gasteiger charge is 2.23. The molecule has 0 aliphatic heterocycles. The SMILES string of the molecule is CCOc1ccc(F)cc1C(CN)c1cc(C(C)(C)C)n[nH]1. The van der Waals surface area contributed by atoms with Gasteiger partial charge in [0.1, 0.15) is 11.6 Å². The molecule has 2 rings (SSSR count). The number of benzene rings is 1. The molecule has 1 aromatic carbocycles. The number of ether oxygens (including phenoxy) is 1. The number of nitrogens with two attached hydrogens (primary N) is 1. The molecule has 5 heteroatoms. The van der Waals surface area contributed by atoms with E-state index >= 15 is 0 Å². The van der Waals surface area contributed by atoms with E-state index in [0.717, 1.165) is 17.0 Å². The summed E-state index contributed by atoms with van der Waals surface area (Å²) in [7, 11) is 0. The summed E-state index contributed by atoms with van der Waals surface area (Å²) in [6, 6.07) is 6.53. The van der Waals surface area contributed by atoms with E-state index in [4.69, 9.17) is 10.5 Å². The first-order chi connectivity index (χ1) is 10.4. The van der Waals surface area contributed by atoms with Crippen molar-refractivity contribution in [2.45, 2.75) is 39.0 Å². The van der Waals surface area contributed by atoms with Crippen LogP contribution < -0.4 is 10.5 Å². The predicted octanol–water partition coefficient (Wildman–Crippen LogP) is 3.34. The van der Waals surface area contributed by atoms with Crippen molar-refractivity contribution >= 4 is 0 Å². The van der Waals surface area contributed by atoms with Crippen molar-refractivity contribution in [2.75, 3.05) is 13.2 Å². The Kier molecular flexibility index (Phi) is 4.86. The molecule has 22 heavy (non-hydrogen) atoms. The number of nitrogens with one attached hydrogen (secondary N) is 1. The van der Waals surface area contributed by atoms with Gasteiger partial charge >= 0.3 is 0 Å². The zero-order valence-electron chi connectivity index (χ0n) is 13.6. The van der Waals surface area contributed by atoms with Crippen LogP contribution in [0.3, 0.4) is 0 Å². The van der Waals surface area contributed by atoms with E-state index in [1.165, 1.54) is 12.1 Å². The molecule has 0 saturated heterocycles. The molecule has 0 spiro atoms. The minimum absolute atomic E-state index is 0.0570. The van der Waals surface area contributed by atoms with Crippen molar-refractivity contribution in [1.82, 2.24) is 10.2 Å². The Bertz CT molecular complexity index is 631. The molecule has 0 amide bonds. The van der Waals surface area contributed by atoms with Crippen molar-refractivity contribution in [3.63, 3.8) is 0 Å². The van der Waals surface area contributed by atoms with Gasteiger partial charge in [-0.3, -0.25) is 5.10 Å². The molecule has 120 valence electrons. The monoisotopic (exact) mass is 305 g/mol. The second-order valence-electron chi connectivity index (χ2n) is 6.36. The van der Waals surface area contributed by atoms with Gasteiger partial charge in [-0.25, -0.2) is 4.39 Å². The highest BCUT2D eigenvalue weighted by Crippen LogP contribution is 2.33. The van der Waals surface area contributed by atoms with E-state index in [2.05, 4.69) is 31.0 Å². The summed E-state index contributed by atoms with van der Waals surface area (Å²) in [6.07, 6.45) is 0. The van der Waals surface area contributed by atoms with Gasteiger partial charge in [0.25, 0.3) is 0 Å². The maximum absolute atomic E-state index is 13.7.